The van der Waals surface area contributed by atoms with Crippen LogP contribution in [0.25, 0.3) is 0 Å². The maximum atomic E-state index is 10.3. The smallest absolute Gasteiger partial charge is 0.119 e. The van der Waals surface area contributed by atoms with E-state index in [1.54, 1.807) is 19.2 Å². The van der Waals surface area contributed by atoms with E-state index >= 15 is 0 Å². The lowest BCUT2D eigenvalue weighted by atomic mass is 9.96. The molecular weight excluding hydrogens is 372 g/mol. The van der Waals surface area contributed by atoms with E-state index in [0.717, 1.165) is 16.9 Å². The van der Waals surface area contributed by atoms with Crippen LogP contribution < -0.4 is 4.74 Å². The molecular formula is C20H23ClO6. The highest BCUT2D eigenvalue weighted by Gasteiger charge is 2.46. The first-order chi connectivity index (χ1) is 12.9. The summed E-state index contributed by atoms with van der Waals surface area (Å²) in [7, 11) is 1.61. The van der Waals surface area contributed by atoms with E-state index in [4.69, 9.17) is 26.2 Å². The van der Waals surface area contributed by atoms with Gasteiger partial charge in [-0.1, -0.05) is 35.9 Å². The zero-order valence-electron chi connectivity index (χ0n) is 14.8. The molecule has 0 saturated carbocycles. The lowest BCUT2D eigenvalue weighted by Gasteiger charge is -2.19. The van der Waals surface area contributed by atoms with E-state index in [-0.39, 0.29) is 0 Å². The molecule has 1 aliphatic heterocycles. The summed E-state index contributed by atoms with van der Waals surface area (Å²) >= 11 is 6.34. The highest BCUT2D eigenvalue weighted by atomic mass is 35.5. The predicted molar refractivity (Wildman–Crippen MR) is 100.0 cm³/mol. The van der Waals surface area contributed by atoms with Crippen molar-refractivity contribution in [2.45, 2.75) is 36.9 Å². The number of ether oxygens (including phenoxy) is 2. The highest BCUT2D eigenvalue weighted by molar-refractivity contribution is 6.31. The zero-order valence-corrected chi connectivity index (χ0v) is 15.6. The summed E-state index contributed by atoms with van der Waals surface area (Å²) in [6.45, 7) is -0.567. The molecule has 1 aliphatic rings. The molecule has 1 saturated heterocycles. The molecule has 1 fully saturated rings. The van der Waals surface area contributed by atoms with Crippen LogP contribution in [-0.2, 0) is 11.2 Å². The predicted octanol–water partition coefficient (Wildman–Crippen LogP) is 1.45. The lowest BCUT2D eigenvalue weighted by molar-refractivity contribution is -0.0820. The van der Waals surface area contributed by atoms with Gasteiger partial charge in [-0.25, -0.2) is 0 Å². The van der Waals surface area contributed by atoms with Crippen LogP contribution >= 0.6 is 11.6 Å². The van der Waals surface area contributed by atoms with Crippen LogP contribution in [0.3, 0.4) is 0 Å². The van der Waals surface area contributed by atoms with Gasteiger partial charge in [-0.2, -0.15) is 0 Å². The molecule has 0 radical (unpaired) electrons. The minimum Gasteiger partial charge on any atom is -0.497 e. The number of hydrogen-bond acceptors (Lipinski definition) is 6. The van der Waals surface area contributed by atoms with Gasteiger partial charge in [0.25, 0.3) is 0 Å². The number of aliphatic hydroxyl groups excluding tert-OH is 4. The van der Waals surface area contributed by atoms with Gasteiger partial charge in [-0.15, -0.1) is 0 Å². The number of methoxy groups -OCH3 is 1. The molecule has 7 heteroatoms. The largest absolute Gasteiger partial charge is 0.497 e. The second kappa shape index (κ2) is 8.56. The molecule has 3 rings (SSSR count). The van der Waals surface area contributed by atoms with Crippen molar-refractivity contribution in [2.24, 2.45) is 0 Å². The third-order valence-corrected chi connectivity index (χ3v) is 5.16. The molecule has 5 atom stereocenters. The van der Waals surface area contributed by atoms with Crippen molar-refractivity contribution in [3.8, 4) is 5.75 Å². The topological polar surface area (TPSA) is 99.4 Å². The van der Waals surface area contributed by atoms with Gasteiger partial charge < -0.3 is 29.9 Å². The van der Waals surface area contributed by atoms with E-state index in [1.807, 2.05) is 30.3 Å². The minimum absolute atomic E-state index is 0.554. The second-order valence-corrected chi connectivity index (χ2v) is 7.04. The van der Waals surface area contributed by atoms with Crippen molar-refractivity contribution in [1.29, 1.82) is 0 Å². The Morgan fingerprint density at radius 1 is 1.15 bits per heavy atom. The van der Waals surface area contributed by atoms with Crippen LogP contribution in [-0.4, -0.2) is 58.6 Å². The zero-order chi connectivity index (χ0) is 19.6. The van der Waals surface area contributed by atoms with Gasteiger partial charge in [0.05, 0.1) is 13.7 Å². The van der Waals surface area contributed by atoms with Crippen molar-refractivity contribution in [3.63, 3.8) is 0 Å². The maximum absolute atomic E-state index is 10.3. The van der Waals surface area contributed by atoms with Crippen LogP contribution in [0.2, 0.25) is 5.02 Å². The van der Waals surface area contributed by atoms with Crippen LogP contribution in [0.5, 0.6) is 5.75 Å². The van der Waals surface area contributed by atoms with Gasteiger partial charge in [0.15, 0.2) is 0 Å². The number of halogens is 1. The standard InChI is InChI=1S/C20H23ClO6/c1-26-14-4-2-3-11(8-14)7-13-9-12(5-6-15(13)21)19-17(24)18(25)20(27-19)16(23)10-22/h2-6,8-9,16-20,22-25H,7,10H2,1H3/t16-,17-,18-,19+,20-/m1/s1. The Kier molecular flexibility index (Phi) is 6.37. The summed E-state index contributed by atoms with van der Waals surface area (Å²) in [6, 6.07) is 12.9. The molecule has 0 bridgehead atoms. The van der Waals surface area contributed by atoms with Gasteiger partial charge in [-0.05, 0) is 41.3 Å². The van der Waals surface area contributed by atoms with Gasteiger partial charge >= 0.3 is 0 Å². The van der Waals surface area contributed by atoms with Crippen molar-refractivity contribution < 1.29 is 29.9 Å². The van der Waals surface area contributed by atoms with E-state index in [9.17, 15) is 15.3 Å². The molecule has 6 nitrogen and oxygen atoms in total. The number of rotatable bonds is 6. The van der Waals surface area contributed by atoms with Crippen molar-refractivity contribution in [1.82, 2.24) is 0 Å². The maximum Gasteiger partial charge on any atom is 0.119 e. The fourth-order valence-electron chi connectivity index (χ4n) is 3.31. The van der Waals surface area contributed by atoms with E-state index < -0.39 is 37.1 Å². The van der Waals surface area contributed by atoms with Crippen molar-refractivity contribution >= 4 is 11.6 Å². The Labute approximate surface area is 162 Å². The second-order valence-electron chi connectivity index (χ2n) is 6.63. The Bertz CT molecular complexity index is 783. The fourth-order valence-corrected chi connectivity index (χ4v) is 3.50. The monoisotopic (exact) mass is 394 g/mol. The van der Waals surface area contributed by atoms with Gasteiger partial charge in [0.1, 0.15) is 36.3 Å². The Hall–Kier alpha value is -1.67. The Morgan fingerprint density at radius 3 is 2.63 bits per heavy atom. The fraction of sp³-hybridized carbons (Fsp3) is 0.400. The molecule has 27 heavy (non-hydrogen) atoms. The molecule has 146 valence electrons. The van der Waals surface area contributed by atoms with E-state index in [0.29, 0.717) is 17.0 Å². The first kappa shape index (κ1) is 20.1. The van der Waals surface area contributed by atoms with Crippen LogP contribution in [0, 0.1) is 0 Å². The van der Waals surface area contributed by atoms with Crippen LogP contribution in [0.15, 0.2) is 42.5 Å². The summed E-state index contributed by atoms with van der Waals surface area (Å²) in [5.41, 5.74) is 2.48. The summed E-state index contributed by atoms with van der Waals surface area (Å²) < 4.78 is 10.9. The molecule has 0 aromatic heterocycles. The SMILES string of the molecule is COc1cccc(Cc2cc([C@@H]3O[C@H]([C@H](O)CO)[C@H](O)[C@H]3O)ccc2Cl)c1. The highest BCUT2D eigenvalue weighted by Crippen LogP contribution is 2.36. The first-order valence-electron chi connectivity index (χ1n) is 8.66. The molecule has 2 aromatic carbocycles. The van der Waals surface area contributed by atoms with E-state index in [2.05, 4.69) is 0 Å². The molecule has 0 aliphatic carbocycles. The Balaban J connectivity index is 1.84. The number of hydrogen-bond donors (Lipinski definition) is 4. The third-order valence-electron chi connectivity index (χ3n) is 4.79. The quantitative estimate of drug-likeness (QED) is 0.592. The number of aliphatic hydroxyl groups is 4. The van der Waals surface area contributed by atoms with Crippen molar-refractivity contribution in [3.05, 3.63) is 64.2 Å². The van der Waals surface area contributed by atoms with Crippen LogP contribution in [0.4, 0.5) is 0 Å². The molecule has 0 unspecified atom stereocenters. The van der Waals surface area contributed by atoms with Crippen molar-refractivity contribution in [2.75, 3.05) is 13.7 Å². The molecule has 1 heterocycles. The summed E-state index contributed by atoms with van der Waals surface area (Å²) in [4.78, 5) is 0. The third kappa shape index (κ3) is 4.27. The molecule has 0 spiro atoms. The lowest BCUT2D eigenvalue weighted by Crippen LogP contribution is -2.40. The molecule has 0 amide bonds. The van der Waals surface area contributed by atoms with E-state index in [1.165, 1.54) is 0 Å². The Morgan fingerprint density at radius 2 is 1.93 bits per heavy atom. The molecule has 4 N–H and O–H groups in total. The van der Waals surface area contributed by atoms with Crippen LogP contribution in [0.1, 0.15) is 22.8 Å². The number of benzene rings is 2. The minimum atomic E-state index is -1.30. The van der Waals surface area contributed by atoms with Gasteiger partial charge in [-0.3, -0.25) is 0 Å². The van der Waals surface area contributed by atoms with Gasteiger partial charge in [0, 0.05) is 5.02 Å². The first-order valence-corrected chi connectivity index (χ1v) is 9.04. The normalized spacial score (nSPS) is 26.1. The average molecular weight is 395 g/mol. The summed E-state index contributed by atoms with van der Waals surface area (Å²) in [5.74, 6) is 0.748. The van der Waals surface area contributed by atoms with Gasteiger partial charge in [0.2, 0.25) is 0 Å². The summed E-state index contributed by atoms with van der Waals surface area (Å²) in [6.07, 6.45) is -5.13. The molecule has 2 aromatic rings. The summed E-state index contributed by atoms with van der Waals surface area (Å²) in [5, 5.41) is 39.9. The average Bonchev–Trinajstić information content (AvgIpc) is 2.98.